The lowest BCUT2D eigenvalue weighted by atomic mass is 9.75. The second kappa shape index (κ2) is 5.90. The van der Waals surface area contributed by atoms with Crippen molar-refractivity contribution in [3.63, 3.8) is 0 Å². The number of anilines is 1. The fourth-order valence-corrected chi connectivity index (χ4v) is 4.13. The average Bonchev–Trinajstić information content (AvgIpc) is 3.09. The Hall–Kier alpha value is -2.76. The van der Waals surface area contributed by atoms with Gasteiger partial charge in [-0.15, -0.1) is 0 Å². The molecule has 0 radical (unpaired) electrons. The summed E-state index contributed by atoms with van der Waals surface area (Å²) < 4.78 is 40.5. The normalized spacial score (nSPS) is 23.9. The minimum Gasteiger partial charge on any atom is -0.478 e. The fraction of sp³-hybridized carbons (Fsp3) is 0.250. The summed E-state index contributed by atoms with van der Waals surface area (Å²) in [5, 5.41) is 12.5. The van der Waals surface area contributed by atoms with Crippen molar-refractivity contribution in [1.82, 2.24) is 0 Å². The van der Waals surface area contributed by atoms with Crippen LogP contribution < -0.4 is 5.32 Å². The lowest BCUT2D eigenvalue weighted by Gasteiger charge is -2.39. The molecule has 3 nitrogen and oxygen atoms in total. The molecular weight excluding hydrogens is 343 g/mol. The lowest BCUT2D eigenvalue weighted by Crippen LogP contribution is -2.31. The van der Waals surface area contributed by atoms with Crippen LogP contribution in [0.3, 0.4) is 0 Å². The summed E-state index contributed by atoms with van der Waals surface area (Å²) in [6.45, 7) is 0. The van der Waals surface area contributed by atoms with E-state index in [1.165, 1.54) is 12.1 Å². The highest BCUT2D eigenvalue weighted by Crippen LogP contribution is 2.52. The largest absolute Gasteiger partial charge is 0.478 e. The number of nitrogens with one attached hydrogen (secondary N) is 1. The van der Waals surface area contributed by atoms with Gasteiger partial charge in [-0.1, -0.05) is 42.5 Å². The molecule has 0 fully saturated rings. The van der Waals surface area contributed by atoms with Gasteiger partial charge in [-0.25, -0.2) is 4.79 Å². The summed E-state index contributed by atoms with van der Waals surface area (Å²) in [6.07, 6.45) is 0.0972. The molecule has 0 saturated carbocycles. The number of benzene rings is 2. The van der Waals surface area contributed by atoms with Crippen molar-refractivity contribution >= 4 is 11.7 Å². The van der Waals surface area contributed by atoms with Gasteiger partial charge in [-0.3, -0.25) is 0 Å². The number of hydrogen-bond acceptors (Lipinski definition) is 2. The van der Waals surface area contributed by atoms with Crippen molar-refractivity contribution < 1.29 is 23.1 Å². The molecule has 2 aliphatic rings. The molecule has 0 amide bonds. The molecule has 1 aliphatic heterocycles. The Balaban J connectivity index is 1.88. The lowest BCUT2D eigenvalue weighted by molar-refractivity contribution is -0.137. The molecule has 4 rings (SSSR count). The predicted molar refractivity (Wildman–Crippen MR) is 91.2 cm³/mol. The first-order chi connectivity index (χ1) is 12.4. The molecule has 2 aromatic rings. The zero-order valence-electron chi connectivity index (χ0n) is 13.6. The number of hydrogen-bond donors (Lipinski definition) is 2. The van der Waals surface area contributed by atoms with Crippen LogP contribution in [0.4, 0.5) is 18.9 Å². The van der Waals surface area contributed by atoms with Gasteiger partial charge in [-0.2, -0.15) is 13.2 Å². The molecule has 1 aliphatic carbocycles. The van der Waals surface area contributed by atoms with E-state index in [1.54, 1.807) is 24.3 Å². The number of carbonyl (C=O) groups is 1. The quantitative estimate of drug-likeness (QED) is 0.722. The van der Waals surface area contributed by atoms with E-state index >= 15 is 0 Å². The van der Waals surface area contributed by atoms with Gasteiger partial charge >= 0.3 is 12.1 Å². The highest BCUT2D eigenvalue weighted by Gasteiger charge is 2.43. The maximum absolute atomic E-state index is 13.5. The molecule has 0 unspecified atom stereocenters. The second-order valence-electron chi connectivity index (χ2n) is 6.64. The molecule has 2 N–H and O–H groups in total. The topological polar surface area (TPSA) is 49.3 Å². The molecule has 0 saturated heterocycles. The summed E-state index contributed by atoms with van der Waals surface area (Å²) in [5.74, 6) is -1.27. The van der Waals surface area contributed by atoms with Gasteiger partial charge in [0.1, 0.15) is 0 Å². The molecule has 26 heavy (non-hydrogen) atoms. The first-order valence-corrected chi connectivity index (χ1v) is 8.33. The Morgan fingerprint density at radius 1 is 1.08 bits per heavy atom. The zero-order valence-corrected chi connectivity index (χ0v) is 13.6. The number of aromatic carboxylic acids is 1. The molecule has 6 heteroatoms. The third kappa shape index (κ3) is 2.57. The standard InChI is InChI=1S/C20H16F3NO2/c21-20(22,23)16-10-4-9-13-11-7-3-8-12(11)17(24-18(13)16)14-5-1-2-6-15(14)19(25)26/h1-7,9-12,17,24H,8H2,(H,25,26)/t11-,12-,17-/m1/s1. The van der Waals surface area contributed by atoms with Crippen LogP contribution in [0.5, 0.6) is 0 Å². The molecule has 0 bridgehead atoms. The van der Waals surface area contributed by atoms with Crippen molar-refractivity contribution in [3.8, 4) is 0 Å². The van der Waals surface area contributed by atoms with Gasteiger partial charge in [0, 0.05) is 5.92 Å². The maximum atomic E-state index is 13.5. The van der Waals surface area contributed by atoms with E-state index in [0.717, 1.165) is 6.07 Å². The van der Waals surface area contributed by atoms with Crippen molar-refractivity contribution in [2.45, 2.75) is 24.6 Å². The summed E-state index contributed by atoms with van der Waals surface area (Å²) in [5.41, 5.74) is 0.581. The number of alkyl halides is 3. The minimum absolute atomic E-state index is 0.0218. The molecule has 1 heterocycles. The van der Waals surface area contributed by atoms with Crippen molar-refractivity contribution in [2.24, 2.45) is 5.92 Å². The monoisotopic (exact) mass is 359 g/mol. The minimum atomic E-state index is -4.48. The van der Waals surface area contributed by atoms with E-state index < -0.39 is 23.8 Å². The number of fused-ring (bicyclic) bond motifs is 3. The van der Waals surface area contributed by atoms with E-state index in [4.69, 9.17) is 0 Å². The zero-order chi connectivity index (χ0) is 18.5. The number of carboxylic acid groups (broad SMARTS) is 1. The number of carboxylic acids is 1. The van der Waals surface area contributed by atoms with Crippen LogP contribution in [0.15, 0.2) is 54.6 Å². The molecule has 2 aromatic carbocycles. The Bertz CT molecular complexity index is 904. The van der Waals surface area contributed by atoms with Crippen LogP contribution in [0.1, 0.15) is 45.4 Å². The van der Waals surface area contributed by atoms with Crippen LogP contribution in [0.2, 0.25) is 0 Å². The van der Waals surface area contributed by atoms with E-state index in [2.05, 4.69) is 5.32 Å². The number of halogens is 3. The van der Waals surface area contributed by atoms with E-state index in [1.807, 2.05) is 12.2 Å². The molecule has 3 atom stereocenters. The van der Waals surface area contributed by atoms with E-state index in [9.17, 15) is 23.1 Å². The Kier molecular flexibility index (Phi) is 3.79. The smallest absolute Gasteiger partial charge is 0.418 e. The highest BCUT2D eigenvalue weighted by atomic mass is 19.4. The molecule has 134 valence electrons. The number of rotatable bonds is 2. The van der Waals surface area contributed by atoms with Crippen LogP contribution in [-0.2, 0) is 6.18 Å². The molecular formula is C20H16F3NO2. The Morgan fingerprint density at radius 2 is 1.81 bits per heavy atom. The summed E-state index contributed by atoms with van der Waals surface area (Å²) in [4.78, 5) is 11.6. The van der Waals surface area contributed by atoms with Gasteiger partial charge in [0.15, 0.2) is 0 Å². The number of para-hydroxylation sites is 1. The predicted octanol–water partition coefficient (Wildman–Crippen LogP) is 5.23. The van der Waals surface area contributed by atoms with Gasteiger partial charge in [0.2, 0.25) is 0 Å². The van der Waals surface area contributed by atoms with Gasteiger partial charge < -0.3 is 10.4 Å². The van der Waals surface area contributed by atoms with Gasteiger partial charge in [-0.05, 0) is 35.6 Å². The van der Waals surface area contributed by atoms with Crippen LogP contribution >= 0.6 is 0 Å². The van der Waals surface area contributed by atoms with Crippen molar-refractivity contribution in [1.29, 1.82) is 0 Å². The maximum Gasteiger partial charge on any atom is 0.418 e. The van der Waals surface area contributed by atoms with Gasteiger partial charge in [0.05, 0.1) is 22.9 Å². The number of allylic oxidation sites excluding steroid dienone is 2. The van der Waals surface area contributed by atoms with Crippen LogP contribution in [0.25, 0.3) is 0 Å². The molecule has 0 aromatic heterocycles. The highest BCUT2D eigenvalue weighted by molar-refractivity contribution is 5.90. The Labute approximate surface area is 148 Å². The van der Waals surface area contributed by atoms with E-state index in [0.29, 0.717) is 17.5 Å². The molecule has 0 spiro atoms. The second-order valence-corrected chi connectivity index (χ2v) is 6.64. The van der Waals surface area contributed by atoms with Gasteiger partial charge in [0.25, 0.3) is 0 Å². The Morgan fingerprint density at radius 3 is 2.54 bits per heavy atom. The first kappa shape index (κ1) is 16.7. The third-order valence-corrected chi connectivity index (χ3v) is 5.23. The van der Waals surface area contributed by atoms with Crippen LogP contribution in [0, 0.1) is 5.92 Å². The third-order valence-electron chi connectivity index (χ3n) is 5.23. The fourth-order valence-electron chi connectivity index (χ4n) is 4.13. The van der Waals surface area contributed by atoms with E-state index in [-0.39, 0.29) is 23.1 Å². The first-order valence-electron chi connectivity index (χ1n) is 8.33. The van der Waals surface area contributed by atoms with Crippen molar-refractivity contribution in [2.75, 3.05) is 5.32 Å². The summed E-state index contributed by atoms with van der Waals surface area (Å²) in [7, 11) is 0. The van der Waals surface area contributed by atoms with Crippen LogP contribution in [-0.4, -0.2) is 11.1 Å². The SMILES string of the molecule is O=C(O)c1ccccc1[C@@H]1Nc2c(cccc2C(F)(F)F)[C@@H]2C=CC[C@H]21. The average molecular weight is 359 g/mol. The van der Waals surface area contributed by atoms with Crippen molar-refractivity contribution in [3.05, 3.63) is 76.9 Å². The summed E-state index contributed by atoms with van der Waals surface area (Å²) in [6, 6.07) is 10.2. The summed E-state index contributed by atoms with van der Waals surface area (Å²) >= 11 is 0.